The van der Waals surface area contributed by atoms with Crippen LogP contribution in [0, 0.1) is 19.8 Å². The molecule has 1 aromatic carbocycles. The smallest absolute Gasteiger partial charge is 0.315 e. The molecule has 0 aliphatic rings. The van der Waals surface area contributed by atoms with Crippen LogP contribution in [0.25, 0.3) is 0 Å². The van der Waals surface area contributed by atoms with Gasteiger partial charge in [-0.3, -0.25) is 0 Å². The summed E-state index contributed by atoms with van der Waals surface area (Å²) in [7, 11) is 0. The summed E-state index contributed by atoms with van der Waals surface area (Å²) in [6.45, 7) is 11.1. The molecule has 130 valence electrons. The Kier molecular flexibility index (Phi) is 8.06. The predicted molar refractivity (Wildman–Crippen MR) is 92.5 cm³/mol. The number of carbonyl (C=O) groups is 1. The van der Waals surface area contributed by atoms with Crippen LogP contribution < -0.4 is 10.6 Å². The number of aliphatic hydroxyl groups excluding tert-OH is 1. The molecule has 0 aromatic heterocycles. The van der Waals surface area contributed by atoms with Gasteiger partial charge in [0.1, 0.15) is 0 Å². The summed E-state index contributed by atoms with van der Waals surface area (Å²) in [5.74, 6) is 0.428. The average Bonchev–Trinajstić information content (AvgIpc) is 2.43. The average molecular weight is 322 g/mol. The second-order valence-corrected chi connectivity index (χ2v) is 6.58. The number of hydrogen-bond donors (Lipinski definition) is 3. The van der Waals surface area contributed by atoms with E-state index in [1.54, 1.807) is 0 Å². The summed E-state index contributed by atoms with van der Waals surface area (Å²) in [5, 5.41) is 15.3. The highest BCUT2D eigenvalue weighted by molar-refractivity contribution is 5.74. The van der Waals surface area contributed by atoms with E-state index in [4.69, 9.17) is 4.74 Å². The number of rotatable bonds is 8. The molecule has 2 unspecified atom stereocenters. The van der Waals surface area contributed by atoms with Gasteiger partial charge in [0.15, 0.2) is 0 Å². The van der Waals surface area contributed by atoms with Gasteiger partial charge in [0.05, 0.1) is 18.8 Å². The lowest BCUT2D eigenvalue weighted by atomic mass is 10.0. The molecule has 0 radical (unpaired) electrons. The van der Waals surface area contributed by atoms with Crippen molar-refractivity contribution in [2.75, 3.05) is 19.8 Å². The minimum absolute atomic E-state index is 0.0945. The molecule has 0 aliphatic heterocycles. The quantitative estimate of drug-likeness (QED) is 0.689. The van der Waals surface area contributed by atoms with E-state index >= 15 is 0 Å². The molecule has 0 saturated heterocycles. The van der Waals surface area contributed by atoms with Gasteiger partial charge in [0.2, 0.25) is 0 Å². The van der Waals surface area contributed by atoms with Gasteiger partial charge >= 0.3 is 6.03 Å². The Hall–Kier alpha value is -1.59. The molecule has 2 amide bonds. The lowest BCUT2D eigenvalue weighted by Gasteiger charge is -2.18. The largest absolute Gasteiger partial charge is 0.389 e. The maximum absolute atomic E-state index is 11.9. The molecule has 0 heterocycles. The number of hydrogen-bond acceptors (Lipinski definition) is 3. The summed E-state index contributed by atoms with van der Waals surface area (Å²) in [6.07, 6.45) is -0.698. The number of amides is 2. The zero-order valence-corrected chi connectivity index (χ0v) is 14.8. The number of ether oxygens (including phenoxy) is 1. The number of benzene rings is 1. The van der Waals surface area contributed by atoms with Gasteiger partial charge in [0.25, 0.3) is 0 Å². The molecular weight excluding hydrogens is 292 g/mol. The lowest BCUT2D eigenvalue weighted by molar-refractivity contribution is 0.0272. The number of urea groups is 1. The zero-order valence-electron chi connectivity index (χ0n) is 14.8. The van der Waals surface area contributed by atoms with Crippen LogP contribution in [0.15, 0.2) is 18.2 Å². The minimum atomic E-state index is -0.698. The maximum Gasteiger partial charge on any atom is 0.315 e. The summed E-state index contributed by atoms with van der Waals surface area (Å²) in [5.41, 5.74) is 3.41. The highest BCUT2D eigenvalue weighted by Gasteiger charge is 2.12. The van der Waals surface area contributed by atoms with Crippen LogP contribution in [0.2, 0.25) is 0 Å². The van der Waals surface area contributed by atoms with Crippen LogP contribution in [0.1, 0.15) is 43.5 Å². The van der Waals surface area contributed by atoms with E-state index in [9.17, 15) is 9.90 Å². The van der Waals surface area contributed by atoms with E-state index in [-0.39, 0.29) is 25.2 Å². The van der Waals surface area contributed by atoms with Gasteiger partial charge in [0, 0.05) is 13.2 Å². The number of aryl methyl sites for hydroxylation is 2. The Morgan fingerprint density at radius 1 is 1.13 bits per heavy atom. The highest BCUT2D eigenvalue weighted by Crippen LogP contribution is 2.16. The van der Waals surface area contributed by atoms with E-state index in [2.05, 4.69) is 28.8 Å². The molecule has 0 aliphatic carbocycles. The van der Waals surface area contributed by atoms with Crippen LogP contribution in [-0.2, 0) is 4.74 Å². The summed E-state index contributed by atoms with van der Waals surface area (Å²) < 4.78 is 5.34. The molecule has 2 atom stereocenters. The fourth-order valence-electron chi connectivity index (χ4n) is 2.30. The summed E-state index contributed by atoms with van der Waals surface area (Å²) in [4.78, 5) is 11.9. The van der Waals surface area contributed by atoms with Crippen LogP contribution in [0.3, 0.4) is 0 Å². The second kappa shape index (κ2) is 9.53. The monoisotopic (exact) mass is 322 g/mol. The van der Waals surface area contributed by atoms with Crippen molar-refractivity contribution in [2.45, 2.75) is 46.8 Å². The topological polar surface area (TPSA) is 70.6 Å². The zero-order chi connectivity index (χ0) is 17.4. The third kappa shape index (κ3) is 8.00. The number of nitrogens with one attached hydrogen (secondary N) is 2. The summed E-state index contributed by atoms with van der Waals surface area (Å²) in [6, 6.07) is 5.84. The third-order valence-corrected chi connectivity index (χ3v) is 3.35. The summed E-state index contributed by atoms with van der Waals surface area (Å²) >= 11 is 0. The number of aliphatic hydroxyl groups is 1. The van der Waals surface area contributed by atoms with Crippen LogP contribution in [0.5, 0.6) is 0 Å². The first kappa shape index (κ1) is 19.5. The molecule has 3 N–H and O–H groups in total. The van der Waals surface area contributed by atoms with Crippen LogP contribution in [-0.4, -0.2) is 37.0 Å². The van der Waals surface area contributed by atoms with Crippen molar-refractivity contribution in [2.24, 2.45) is 5.92 Å². The molecule has 0 bridgehead atoms. The molecule has 5 heteroatoms. The van der Waals surface area contributed by atoms with Gasteiger partial charge in [-0.05, 0) is 32.3 Å². The molecular formula is C18H30N2O3. The van der Waals surface area contributed by atoms with Gasteiger partial charge in [-0.25, -0.2) is 4.79 Å². The lowest BCUT2D eigenvalue weighted by Crippen LogP contribution is -2.42. The second-order valence-electron chi connectivity index (χ2n) is 6.58. The Morgan fingerprint density at radius 3 is 2.30 bits per heavy atom. The first-order valence-corrected chi connectivity index (χ1v) is 8.16. The van der Waals surface area contributed by atoms with Crippen molar-refractivity contribution < 1.29 is 14.6 Å². The SMILES string of the molecule is Cc1cc(C)cc(C(C)NC(=O)NCC(O)COCC(C)C)c1. The highest BCUT2D eigenvalue weighted by atomic mass is 16.5. The maximum atomic E-state index is 11.9. The molecule has 0 spiro atoms. The van der Waals surface area contributed by atoms with Gasteiger partial charge in [-0.15, -0.1) is 0 Å². The van der Waals surface area contributed by atoms with Crippen molar-refractivity contribution in [3.63, 3.8) is 0 Å². The van der Waals surface area contributed by atoms with Crippen molar-refractivity contribution in [1.29, 1.82) is 0 Å². The van der Waals surface area contributed by atoms with Crippen molar-refractivity contribution in [3.05, 3.63) is 34.9 Å². The molecule has 5 nitrogen and oxygen atoms in total. The van der Waals surface area contributed by atoms with E-state index in [0.717, 1.165) is 5.56 Å². The van der Waals surface area contributed by atoms with Crippen LogP contribution in [0.4, 0.5) is 4.79 Å². The van der Waals surface area contributed by atoms with Crippen molar-refractivity contribution in [1.82, 2.24) is 10.6 Å². The Bertz CT molecular complexity index is 483. The van der Waals surface area contributed by atoms with E-state index < -0.39 is 6.10 Å². The third-order valence-electron chi connectivity index (χ3n) is 3.35. The molecule has 0 saturated carbocycles. The van der Waals surface area contributed by atoms with Crippen molar-refractivity contribution >= 4 is 6.03 Å². The van der Waals surface area contributed by atoms with Gasteiger partial charge in [-0.1, -0.05) is 43.2 Å². The standard InChI is InChI=1S/C18H30N2O3/c1-12(2)10-23-11-17(21)9-19-18(22)20-15(5)16-7-13(3)6-14(4)8-16/h6-8,12,15,17,21H,9-11H2,1-5H3,(H2,19,20,22). The van der Waals surface area contributed by atoms with E-state index in [1.165, 1.54) is 11.1 Å². The predicted octanol–water partition coefficient (Wildman–Crippen LogP) is 2.70. The first-order valence-electron chi connectivity index (χ1n) is 8.16. The Morgan fingerprint density at radius 2 is 1.74 bits per heavy atom. The Balaban J connectivity index is 2.35. The molecule has 1 rings (SSSR count). The molecule has 23 heavy (non-hydrogen) atoms. The van der Waals surface area contributed by atoms with E-state index in [1.807, 2.05) is 34.6 Å². The minimum Gasteiger partial charge on any atom is -0.389 e. The first-order chi connectivity index (χ1) is 10.8. The molecule has 1 aromatic rings. The van der Waals surface area contributed by atoms with Gasteiger partial charge in [-0.2, -0.15) is 0 Å². The fourth-order valence-corrected chi connectivity index (χ4v) is 2.30. The van der Waals surface area contributed by atoms with Crippen LogP contribution >= 0.6 is 0 Å². The fraction of sp³-hybridized carbons (Fsp3) is 0.611. The van der Waals surface area contributed by atoms with Gasteiger partial charge < -0.3 is 20.5 Å². The molecule has 0 fully saturated rings. The Labute approximate surface area is 139 Å². The van der Waals surface area contributed by atoms with E-state index in [0.29, 0.717) is 12.5 Å². The normalized spacial score (nSPS) is 13.7. The van der Waals surface area contributed by atoms with Crippen molar-refractivity contribution in [3.8, 4) is 0 Å². The number of carbonyl (C=O) groups excluding carboxylic acids is 1.